The lowest BCUT2D eigenvalue weighted by Crippen LogP contribution is -2.14. The molecule has 0 bridgehead atoms. The van der Waals surface area contributed by atoms with E-state index in [1.54, 1.807) is 24.3 Å². The van der Waals surface area contributed by atoms with E-state index >= 15 is 0 Å². The first kappa shape index (κ1) is 21.4. The number of hydrogen-bond donors (Lipinski definition) is 2. The Labute approximate surface area is 202 Å². The number of nitrogens with zero attached hydrogens (tertiary/aromatic N) is 3. The Bertz CT molecular complexity index is 1580. The van der Waals surface area contributed by atoms with Gasteiger partial charge in [-0.15, -0.1) is 0 Å². The standard InChI is InChI=1S/C29H25N3O3/c33-23-8-4-5-18(16-23)24-12-9-19-15-20(10-13-25(19)30-24)28-31-26-17-21(29(34)35)11-14-27(26)32(28)22-6-2-1-3-7-22/h4-5,8-17,22,33H,1-3,6-7H2,(H,34,35). The number of pyridine rings is 1. The summed E-state index contributed by atoms with van der Waals surface area (Å²) in [6.07, 6.45) is 5.83. The number of benzene rings is 3. The van der Waals surface area contributed by atoms with Crippen LogP contribution in [0.4, 0.5) is 0 Å². The van der Waals surface area contributed by atoms with Gasteiger partial charge in [0.15, 0.2) is 0 Å². The minimum absolute atomic E-state index is 0.215. The molecule has 0 amide bonds. The zero-order valence-corrected chi connectivity index (χ0v) is 19.2. The van der Waals surface area contributed by atoms with Gasteiger partial charge in [0.2, 0.25) is 0 Å². The number of aromatic hydroxyl groups is 1. The molecule has 6 heteroatoms. The van der Waals surface area contributed by atoms with E-state index in [9.17, 15) is 15.0 Å². The van der Waals surface area contributed by atoms with Gasteiger partial charge in [-0.2, -0.15) is 0 Å². The van der Waals surface area contributed by atoms with Gasteiger partial charge in [-0.05, 0) is 67.4 Å². The average molecular weight is 464 g/mol. The van der Waals surface area contributed by atoms with Crippen molar-refractivity contribution in [3.8, 4) is 28.4 Å². The van der Waals surface area contributed by atoms with Crippen molar-refractivity contribution in [2.45, 2.75) is 38.1 Å². The van der Waals surface area contributed by atoms with E-state index in [4.69, 9.17) is 9.97 Å². The second kappa shape index (κ2) is 8.55. The zero-order valence-electron chi connectivity index (χ0n) is 19.2. The summed E-state index contributed by atoms with van der Waals surface area (Å²) in [6, 6.07) is 22.8. The molecule has 0 aliphatic heterocycles. The maximum atomic E-state index is 11.5. The van der Waals surface area contributed by atoms with Crippen LogP contribution in [0.15, 0.2) is 72.8 Å². The Morgan fingerprint density at radius 2 is 1.69 bits per heavy atom. The number of aromatic carboxylic acids is 1. The predicted molar refractivity (Wildman–Crippen MR) is 137 cm³/mol. The van der Waals surface area contributed by atoms with Crippen molar-refractivity contribution in [1.29, 1.82) is 0 Å². The van der Waals surface area contributed by atoms with Crippen LogP contribution < -0.4 is 0 Å². The second-order valence-corrected chi connectivity index (χ2v) is 9.26. The average Bonchev–Trinajstić information content (AvgIpc) is 3.27. The Balaban J connectivity index is 1.47. The Morgan fingerprint density at radius 3 is 2.49 bits per heavy atom. The number of rotatable bonds is 4. The first-order chi connectivity index (χ1) is 17.1. The molecule has 0 radical (unpaired) electrons. The monoisotopic (exact) mass is 463 g/mol. The normalized spacial score (nSPS) is 14.5. The van der Waals surface area contributed by atoms with E-state index in [1.165, 1.54) is 19.3 Å². The molecular formula is C29H25N3O3. The number of carbonyl (C=O) groups is 1. The lowest BCUT2D eigenvalue weighted by atomic mass is 9.94. The quantitative estimate of drug-likeness (QED) is 0.305. The van der Waals surface area contributed by atoms with E-state index in [2.05, 4.69) is 10.6 Å². The number of imidazole rings is 1. The molecule has 0 unspecified atom stereocenters. The molecule has 1 fully saturated rings. The first-order valence-corrected chi connectivity index (χ1v) is 12.0. The molecule has 6 nitrogen and oxygen atoms in total. The van der Waals surface area contributed by atoms with Crippen LogP contribution in [0.2, 0.25) is 0 Å². The number of aromatic nitrogens is 3. The number of carboxylic acids is 1. The van der Waals surface area contributed by atoms with E-state index in [0.717, 1.165) is 51.9 Å². The first-order valence-electron chi connectivity index (χ1n) is 12.0. The number of hydrogen-bond acceptors (Lipinski definition) is 4. The maximum absolute atomic E-state index is 11.5. The van der Waals surface area contributed by atoms with E-state index in [0.29, 0.717) is 11.6 Å². The molecule has 0 atom stereocenters. The third-order valence-corrected chi connectivity index (χ3v) is 6.97. The summed E-state index contributed by atoms with van der Waals surface area (Å²) in [5, 5.41) is 20.3. The molecule has 5 aromatic rings. The molecule has 2 heterocycles. The summed E-state index contributed by atoms with van der Waals surface area (Å²) < 4.78 is 2.32. The highest BCUT2D eigenvalue weighted by Gasteiger charge is 2.23. The molecule has 1 aliphatic carbocycles. The van der Waals surface area contributed by atoms with Crippen LogP contribution in [0.25, 0.3) is 44.6 Å². The van der Waals surface area contributed by atoms with Crippen LogP contribution in [-0.4, -0.2) is 30.7 Å². The Hall–Kier alpha value is -4.19. The van der Waals surface area contributed by atoms with Gasteiger partial charge in [-0.1, -0.05) is 37.5 Å². The van der Waals surface area contributed by atoms with Crippen molar-refractivity contribution in [3.05, 3.63) is 78.4 Å². The van der Waals surface area contributed by atoms with E-state index in [1.807, 2.05) is 42.5 Å². The van der Waals surface area contributed by atoms with Crippen molar-refractivity contribution < 1.29 is 15.0 Å². The van der Waals surface area contributed by atoms with Crippen molar-refractivity contribution in [2.75, 3.05) is 0 Å². The van der Waals surface area contributed by atoms with Gasteiger partial charge < -0.3 is 14.8 Å². The number of phenolic OH excluding ortho intramolecular Hbond substituents is 1. The second-order valence-electron chi connectivity index (χ2n) is 9.26. The van der Waals surface area contributed by atoms with Crippen molar-refractivity contribution >= 4 is 27.9 Å². The van der Waals surface area contributed by atoms with Gasteiger partial charge >= 0.3 is 5.97 Å². The molecule has 35 heavy (non-hydrogen) atoms. The van der Waals surface area contributed by atoms with Crippen LogP contribution in [-0.2, 0) is 0 Å². The molecule has 3 aromatic carbocycles. The summed E-state index contributed by atoms with van der Waals surface area (Å²) in [5.74, 6) is 0.140. The minimum atomic E-state index is -0.944. The van der Waals surface area contributed by atoms with Gasteiger partial charge in [0, 0.05) is 22.6 Å². The van der Waals surface area contributed by atoms with Crippen molar-refractivity contribution in [1.82, 2.24) is 14.5 Å². The topological polar surface area (TPSA) is 88.2 Å². The lowest BCUT2D eigenvalue weighted by Gasteiger charge is -2.25. The minimum Gasteiger partial charge on any atom is -0.508 e. The highest BCUT2D eigenvalue weighted by atomic mass is 16.4. The lowest BCUT2D eigenvalue weighted by molar-refractivity contribution is 0.0697. The number of phenols is 1. The highest BCUT2D eigenvalue weighted by molar-refractivity contribution is 5.94. The molecule has 2 aromatic heterocycles. The summed E-state index contributed by atoms with van der Waals surface area (Å²) >= 11 is 0. The predicted octanol–water partition coefficient (Wildman–Crippen LogP) is 6.83. The van der Waals surface area contributed by atoms with Crippen LogP contribution in [0.1, 0.15) is 48.5 Å². The van der Waals surface area contributed by atoms with E-state index < -0.39 is 5.97 Å². The van der Waals surface area contributed by atoms with Gasteiger partial charge in [0.1, 0.15) is 11.6 Å². The molecule has 0 saturated heterocycles. The number of carboxylic acid groups (broad SMARTS) is 1. The van der Waals surface area contributed by atoms with Crippen LogP contribution in [0.3, 0.4) is 0 Å². The van der Waals surface area contributed by atoms with Gasteiger partial charge in [0.25, 0.3) is 0 Å². The fraction of sp³-hybridized carbons (Fsp3) is 0.207. The maximum Gasteiger partial charge on any atom is 0.335 e. The zero-order chi connectivity index (χ0) is 23.9. The van der Waals surface area contributed by atoms with Gasteiger partial charge in [-0.3, -0.25) is 0 Å². The molecular weight excluding hydrogens is 438 g/mol. The summed E-state index contributed by atoms with van der Waals surface area (Å²) in [4.78, 5) is 21.3. The molecule has 0 spiro atoms. The Morgan fingerprint density at radius 1 is 0.829 bits per heavy atom. The van der Waals surface area contributed by atoms with Crippen LogP contribution in [0.5, 0.6) is 5.75 Å². The molecule has 1 aliphatic rings. The smallest absolute Gasteiger partial charge is 0.335 e. The number of fused-ring (bicyclic) bond motifs is 2. The SMILES string of the molecule is O=C(O)c1ccc2c(c1)nc(-c1ccc3nc(-c4cccc(O)c4)ccc3c1)n2C1CCCCC1. The molecule has 2 N–H and O–H groups in total. The van der Waals surface area contributed by atoms with Gasteiger partial charge in [0.05, 0.1) is 27.8 Å². The van der Waals surface area contributed by atoms with Crippen molar-refractivity contribution in [3.63, 3.8) is 0 Å². The van der Waals surface area contributed by atoms with Gasteiger partial charge in [-0.25, -0.2) is 14.8 Å². The molecule has 1 saturated carbocycles. The summed E-state index contributed by atoms with van der Waals surface area (Å²) in [7, 11) is 0. The highest BCUT2D eigenvalue weighted by Crippen LogP contribution is 2.37. The largest absolute Gasteiger partial charge is 0.508 e. The third-order valence-electron chi connectivity index (χ3n) is 6.97. The summed E-state index contributed by atoms with van der Waals surface area (Å²) in [5.41, 5.74) is 5.46. The summed E-state index contributed by atoms with van der Waals surface area (Å²) in [6.45, 7) is 0. The fourth-order valence-corrected chi connectivity index (χ4v) is 5.23. The molecule has 6 rings (SSSR count). The fourth-order valence-electron chi connectivity index (χ4n) is 5.23. The van der Waals surface area contributed by atoms with Crippen LogP contribution >= 0.6 is 0 Å². The van der Waals surface area contributed by atoms with E-state index in [-0.39, 0.29) is 11.3 Å². The Kier molecular flexibility index (Phi) is 5.21. The van der Waals surface area contributed by atoms with Crippen molar-refractivity contribution in [2.24, 2.45) is 0 Å². The third kappa shape index (κ3) is 3.91. The van der Waals surface area contributed by atoms with Crippen LogP contribution in [0, 0.1) is 0 Å². The molecule has 174 valence electrons.